The molecular weight excluding hydrogens is 400 g/mol. The summed E-state index contributed by atoms with van der Waals surface area (Å²) in [6, 6.07) is 20.9. The molecule has 0 bridgehead atoms. The van der Waals surface area contributed by atoms with Gasteiger partial charge in [-0.2, -0.15) is 0 Å². The minimum Gasteiger partial charge on any atom is -0.484 e. The number of benzene rings is 3. The second-order valence-electron chi connectivity index (χ2n) is 6.93. The molecule has 1 amide bonds. The minimum atomic E-state index is -3.72. The topological polar surface area (TPSA) is 84.5 Å². The van der Waals surface area contributed by atoms with Gasteiger partial charge >= 0.3 is 0 Å². The first kappa shape index (κ1) is 21.4. The van der Waals surface area contributed by atoms with Crippen LogP contribution in [-0.2, 0) is 21.4 Å². The number of rotatable bonds is 8. The maximum atomic E-state index is 12.6. The number of carbonyl (C=O) groups excluding carboxylic acids is 1. The van der Waals surface area contributed by atoms with Crippen molar-refractivity contribution in [2.75, 3.05) is 11.3 Å². The molecule has 3 aromatic rings. The van der Waals surface area contributed by atoms with Crippen molar-refractivity contribution in [2.45, 2.75) is 25.3 Å². The third kappa shape index (κ3) is 5.84. The standard InChI is InChI=1S/C23H24N2O4S/c1-17-8-9-20(14-18(17)2)25-30(27,28)22-12-10-21(11-13-22)29-16-23(26)24-15-19-6-4-3-5-7-19/h3-14,25H,15-16H2,1-2H3,(H,24,26). The van der Waals surface area contributed by atoms with Gasteiger partial charge in [0.25, 0.3) is 15.9 Å². The quantitative estimate of drug-likeness (QED) is 0.576. The van der Waals surface area contributed by atoms with E-state index in [1.165, 1.54) is 24.3 Å². The van der Waals surface area contributed by atoms with Crippen LogP contribution in [0.3, 0.4) is 0 Å². The number of sulfonamides is 1. The molecule has 0 fully saturated rings. The normalized spacial score (nSPS) is 11.0. The lowest BCUT2D eigenvalue weighted by Crippen LogP contribution is -2.28. The van der Waals surface area contributed by atoms with Gasteiger partial charge in [0.05, 0.1) is 4.90 Å². The van der Waals surface area contributed by atoms with Crippen molar-refractivity contribution in [3.8, 4) is 5.75 Å². The number of carbonyl (C=O) groups is 1. The first-order chi connectivity index (χ1) is 14.3. The molecule has 30 heavy (non-hydrogen) atoms. The van der Waals surface area contributed by atoms with Crippen LogP contribution in [-0.4, -0.2) is 20.9 Å². The van der Waals surface area contributed by atoms with Crippen molar-refractivity contribution in [3.05, 3.63) is 89.5 Å². The third-order valence-corrected chi connectivity index (χ3v) is 5.99. The molecule has 0 aliphatic heterocycles. The van der Waals surface area contributed by atoms with Crippen molar-refractivity contribution < 1.29 is 17.9 Å². The van der Waals surface area contributed by atoms with E-state index in [1.54, 1.807) is 12.1 Å². The average molecular weight is 425 g/mol. The Balaban J connectivity index is 1.54. The highest BCUT2D eigenvalue weighted by atomic mass is 32.2. The van der Waals surface area contributed by atoms with Crippen LogP contribution < -0.4 is 14.8 Å². The number of ether oxygens (including phenoxy) is 1. The number of amides is 1. The highest BCUT2D eigenvalue weighted by Gasteiger charge is 2.15. The van der Waals surface area contributed by atoms with E-state index in [4.69, 9.17) is 4.74 Å². The van der Waals surface area contributed by atoms with E-state index in [0.717, 1.165) is 16.7 Å². The molecule has 3 aromatic carbocycles. The second kappa shape index (κ2) is 9.45. The Hall–Kier alpha value is -3.32. The SMILES string of the molecule is Cc1ccc(NS(=O)(=O)c2ccc(OCC(=O)NCc3ccccc3)cc2)cc1C. The Morgan fingerprint density at radius 1 is 0.900 bits per heavy atom. The van der Waals surface area contributed by atoms with Gasteiger partial charge in [0.15, 0.2) is 6.61 Å². The van der Waals surface area contributed by atoms with Crippen LogP contribution in [0.1, 0.15) is 16.7 Å². The summed E-state index contributed by atoms with van der Waals surface area (Å²) >= 11 is 0. The zero-order valence-electron chi connectivity index (χ0n) is 16.9. The Kier molecular flexibility index (Phi) is 6.74. The molecule has 2 N–H and O–H groups in total. The summed E-state index contributed by atoms with van der Waals surface area (Å²) in [5, 5.41) is 2.77. The summed E-state index contributed by atoms with van der Waals surface area (Å²) in [4.78, 5) is 12.0. The van der Waals surface area contributed by atoms with E-state index >= 15 is 0 Å². The van der Waals surface area contributed by atoms with E-state index in [9.17, 15) is 13.2 Å². The summed E-state index contributed by atoms with van der Waals surface area (Å²) < 4.78 is 33.2. The van der Waals surface area contributed by atoms with Crippen LogP contribution in [0.25, 0.3) is 0 Å². The lowest BCUT2D eigenvalue weighted by molar-refractivity contribution is -0.123. The Labute approximate surface area is 177 Å². The Bertz CT molecular complexity index is 1110. The molecule has 0 heterocycles. The maximum absolute atomic E-state index is 12.6. The van der Waals surface area contributed by atoms with Gasteiger partial charge in [-0.3, -0.25) is 9.52 Å². The Morgan fingerprint density at radius 3 is 2.27 bits per heavy atom. The molecule has 156 valence electrons. The number of aryl methyl sites for hydroxylation is 2. The van der Waals surface area contributed by atoms with Crippen molar-refractivity contribution >= 4 is 21.6 Å². The van der Waals surface area contributed by atoms with Crippen LogP contribution in [0.4, 0.5) is 5.69 Å². The smallest absolute Gasteiger partial charge is 0.261 e. The van der Waals surface area contributed by atoms with Gasteiger partial charge in [-0.15, -0.1) is 0 Å². The fraction of sp³-hybridized carbons (Fsp3) is 0.174. The van der Waals surface area contributed by atoms with E-state index in [-0.39, 0.29) is 17.4 Å². The Morgan fingerprint density at radius 2 is 1.60 bits per heavy atom. The number of nitrogens with one attached hydrogen (secondary N) is 2. The van der Waals surface area contributed by atoms with Gasteiger partial charge in [0.1, 0.15) is 5.75 Å². The fourth-order valence-electron chi connectivity index (χ4n) is 2.73. The van der Waals surface area contributed by atoms with Crippen molar-refractivity contribution in [3.63, 3.8) is 0 Å². The van der Waals surface area contributed by atoms with Gasteiger partial charge < -0.3 is 10.1 Å². The van der Waals surface area contributed by atoms with Crippen LogP contribution in [0.15, 0.2) is 77.7 Å². The van der Waals surface area contributed by atoms with Gasteiger partial charge in [0.2, 0.25) is 0 Å². The minimum absolute atomic E-state index is 0.113. The summed E-state index contributed by atoms with van der Waals surface area (Å²) in [7, 11) is -3.72. The fourth-order valence-corrected chi connectivity index (χ4v) is 3.78. The molecule has 0 aromatic heterocycles. The van der Waals surface area contributed by atoms with E-state index in [0.29, 0.717) is 18.0 Å². The maximum Gasteiger partial charge on any atom is 0.261 e. The molecule has 0 saturated heterocycles. The largest absolute Gasteiger partial charge is 0.484 e. The lowest BCUT2D eigenvalue weighted by atomic mass is 10.1. The molecule has 0 unspecified atom stereocenters. The van der Waals surface area contributed by atoms with Crippen molar-refractivity contribution in [1.82, 2.24) is 5.32 Å². The summed E-state index contributed by atoms with van der Waals surface area (Å²) in [6.45, 7) is 4.16. The highest BCUT2D eigenvalue weighted by Crippen LogP contribution is 2.21. The lowest BCUT2D eigenvalue weighted by Gasteiger charge is -2.11. The van der Waals surface area contributed by atoms with Crippen molar-refractivity contribution in [2.24, 2.45) is 0 Å². The van der Waals surface area contributed by atoms with Gasteiger partial charge in [-0.25, -0.2) is 8.42 Å². The van der Waals surface area contributed by atoms with Crippen LogP contribution >= 0.6 is 0 Å². The predicted molar refractivity (Wildman–Crippen MR) is 117 cm³/mol. The van der Waals surface area contributed by atoms with Crippen LogP contribution in [0.5, 0.6) is 5.75 Å². The zero-order chi connectivity index (χ0) is 21.6. The average Bonchev–Trinajstić information content (AvgIpc) is 2.74. The van der Waals surface area contributed by atoms with E-state index < -0.39 is 10.0 Å². The van der Waals surface area contributed by atoms with Gasteiger partial charge in [-0.1, -0.05) is 36.4 Å². The molecule has 0 saturated carbocycles. The number of hydrogen-bond donors (Lipinski definition) is 2. The summed E-state index contributed by atoms with van der Waals surface area (Å²) in [5.74, 6) is 0.155. The van der Waals surface area contributed by atoms with Crippen LogP contribution in [0, 0.1) is 13.8 Å². The van der Waals surface area contributed by atoms with Crippen molar-refractivity contribution in [1.29, 1.82) is 0 Å². The summed E-state index contributed by atoms with van der Waals surface area (Å²) in [6.07, 6.45) is 0. The summed E-state index contributed by atoms with van der Waals surface area (Å²) in [5.41, 5.74) is 3.60. The zero-order valence-corrected chi connectivity index (χ0v) is 17.7. The van der Waals surface area contributed by atoms with Crippen LogP contribution in [0.2, 0.25) is 0 Å². The van der Waals surface area contributed by atoms with Gasteiger partial charge in [-0.05, 0) is 66.9 Å². The second-order valence-corrected chi connectivity index (χ2v) is 8.61. The first-order valence-corrected chi connectivity index (χ1v) is 11.0. The molecule has 6 nitrogen and oxygen atoms in total. The first-order valence-electron chi connectivity index (χ1n) is 9.47. The molecular formula is C23H24N2O4S. The molecule has 7 heteroatoms. The predicted octanol–water partition coefficient (Wildman–Crippen LogP) is 3.80. The number of hydrogen-bond acceptors (Lipinski definition) is 4. The monoisotopic (exact) mass is 424 g/mol. The van der Waals surface area contributed by atoms with E-state index in [2.05, 4.69) is 10.0 Å². The molecule has 0 radical (unpaired) electrons. The van der Waals surface area contributed by atoms with E-state index in [1.807, 2.05) is 50.2 Å². The molecule has 0 aliphatic rings. The molecule has 0 spiro atoms. The third-order valence-electron chi connectivity index (χ3n) is 4.60. The molecule has 3 rings (SSSR count). The molecule has 0 aliphatic carbocycles. The van der Waals surface area contributed by atoms with Gasteiger partial charge in [0, 0.05) is 12.2 Å². The molecule has 0 atom stereocenters. The highest BCUT2D eigenvalue weighted by molar-refractivity contribution is 7.92. The number of anilines is 1.